The number of aromatic nitrogens is 2. The number of nitro groups is 1. The van der Waals surface area contributed by atoms with Gasteiger partial charge in [-0.3, -0.25) is 10.1 Å². The van der Waals surface area contributed by atoms with E-state index in [0.29, 0.717) is 23.4 Å². The number of hydrogen-bond donors (Lipinski definition) is 0. The smallest absolute Gasteiger partial charge is 0.272 e. The molecule has 6 nitrogen and oxygen atoms in total. The Hall–Kier alpha value is -2.28. The van der Waals surface area contributed by atoms with Crippen molar-refractivity contribution in [1.29, 1.82) is 0 Å². The first kappa shape index (κ1) is 16.6. The highest BCUT2D eigenvalue weighted by Gasteiger charge is 2.19. The molecule has 124 valence electrons. The van der Waals surface area contributed by atoms with Crippen LogP contribution in [-0.2, 0) is 13.0 Å². The molecule has 0 aliphatic rings. The molecular formula is C17H17BrN3O3+. The molecule has 2 heterocycles. The fourth-order valence-corrected chi connectivity index (χ4v) is 3.19. The number of benzene rings is 1. The summed E-state index contributed by atoms with van der Waals surface area (Å²) in [6.07, 6.45) is 5.62. The van der Waals surface area contributed by atoms with E-state index in [1.54, 1.807) is 6.07 Å². The molecule has 0 unspecified atom stereocenters. The lowest BCUT2D eigenvalue weighted by Crippen LogP contribution is -2.32. The van der Waals surface area contributed by atoms with E-state index < -0.39 is 4.92 Å². The van der Waals surface area contributed by atoms with Gasteiger partial charge in [-0.2, -0.15) is 0 Å². The summed E-state index contributed by atoms with van der Waals surface area (Å²) in [6, 6.07) is 4.94. The molecule has 0 radical (unpaired) electrons. The molecule has 7 heteroatoms. The van der Waals surface area contributed by atoms with Gasteiger partial charge < -0.3 is 4.42 Å². The van der Waals surface area contributed by atoms with E-state index in [1.807, 2.05) is 25.4 Å². The molecule has 3 rings (SSSR count). The standard InChI is InChI=1S/C17H17BrN3O3/c1-3-5-20-9-12(6-13(18)10-20)17-19-15-8-14(21(22)23)7-11(4-2)16(15)24-17/h6-10H,3-5H2,1-2H3/q+1. The van der Waals surface area contributed by atoms with Gasteiger partial charge in [0.15, 0.2) is 18.0 Å². The maximum atomic E-state index is 11.1. The first-order valence-electron chi connectivity index (χ1n) is 7.79. The van der Waals surface area contributed by atoms with E-state index in [9.17, 15) is 10.1 Å². The first-order chi connectivity index (χ1) is 11.5. The van der Waals surface area contributed by atoms with Crippen molar-refractivity contribution >= 4 is 32.7 Å². The van der Waals surface area contributed by atoms with E-state index in [4.69, 9.17) is 4.42 Å². The van der Waals surface area contributed by atoms with E-state index in [1.165, 1.54) is 6.07 Å². The van der Waals surface area contributed by atoms with Crippen LogP contribution in [0.5, 0.6) is 0 Å². The molecule has 0 atom stereocenters. The van der Waals surface area contributed by atoms with Gasteiger partial charge in [0, 0.05) is 24.1 Å². The Balaban J connectivity index is 2.16. The van der Waals surface area contributed by atoms with Crippen molar-refractivity contribution in [2.75, 3.05) is 0 Å². The molecule has 0 N–H and O–H groups in total. The molecular weight excluding hydrogens is 374 g/mol. The van der Waals surface area contributed by atoms with Gasteiger partial charge in [0.1, 0.15) is 17.6 Å². The minimum Gasteiger partial charge on any atom is -0.436 e. The van der Waals surface area contributed by atoms with Crippen LogP contribution >= 0.6 is 15.9 Å². The van der Waals surface area contributed by atoms with Crippen molar-refractivity contribution < 1.29 is 13.9 Å². The van der Waals surface area contributed by atoms with Crippen LogP contribution in [0.15, 0.2) is 39.5 Å². The maximum absolute atomic E-state index is 11.1. The molecule has 1 aromatic carbocycles. The van der Waals surface area contributed by atoms with E-state index >= 15 is 0 Å². The largest absolute Gasteiger partial charge is 0.436 e. The minimum atomic E-state index is -0.402. The molecule has 3 aromatic rings. The predicted molar refractivity (Wildman–Crippen MR) is 93.7 cm³/mol. The van der Waals surface area contributed by atoms with E-state index in [2.05, 4.69) is 32.4 Å². The molecule has 0 aliphatic carbocycles. The van der Waals surface area contributed by atoms with Crippen LogP contribution in [0.1, 0.15) is 25.8 Å². The Kier molecular flexibility index (Phi) is 4.62. The van der Waals surface area contributed by atoms with Gasteiger partial charge in [-0.15, -0.1) is 0 Å². The van der Waals surface area contributed by atoms with Gasteiger partial charge in [-0.1, -0.05) is 13.8 Å². The normalized spacial score (nSPS) is 11.1. The van der Waals surface area contributed by atoms with Gasteiger partial charge >= 0.3 is 0 Å². The molecule has 0 saturated carbocycles. The Morgan fingerprint density at radius 1 is 1.29 bits per heavy atom. The van der Waals surface area contributed by atoms with Crippen molar-refractivity contribution in [3.8, 4) is 11.5 Å². The summed E-state index contributed by atoms with van der Waals surface area (Å²) in [5, 5.41) is 11.1. The summed E-state index contributed by atoms with van der Waals surface area (Å²) in [4.78, 5) is 15.2. The fourth-order valence-electron chi connectivity index (χ4n) is 2.68. The SMILES string of the molecule is CCC[n+]1cc(Br)cc(-c2nc3cc([N+](=O)[O-])cc(CC)c3o2)c1. The average Bonchev–Trinajstić information content (AvgIpc) is 2.97. The maximum Gasteiger partial charge on any atom is 0.272 e. The molecule has 0 spiro atoms. The van der Waals surface area contributed by atoms with E-state index in [0.717, 1.165) is 28.6 Å². The van der Waals surface area contributed by atoms with Crippen LogP contribution in [0.3, 0.4) is 0 Å². The van der Waals surface area contributed by atoms with Crippen molar-refractivity contribution in [3.05, 3.63) is 50.7 Å². The second-order valence-corrected chi connectivity index (χ2v) is 6.48. The van der Waals surface area contributed by atoms with Gasteiger partial charge in [0.2, 0.25) is 5.89 Å². The molecule has 0 fully saturated rings. The monoisotopic (exact) mass is 390 g/mol. The third-order valence-corrected chi connectivity index (χ3v) is 4.19. The molecule has 0 saturated heterocycles. The molecule has 0 aliphatic heterocycles. The lowest BCUT2D eigenvalue weighted by atomic mass is 10.1. The quantitative estimate of drug-likeness (QED) is 0.367. The number of non-ortho nitro benzene ring substituents is 1. The predicted octanol–water partition coefficient (Wildman–Crippen LogP) is 4.43. The summed E-state index contributed by atoms with van der Waals surface area (Å²) < 4.78 is 8.93. The van der Waals surface area contributed by atoms with Crippen LogP contribution in [0.2, 0.25) is 0 Å². The Morgan fingerprint density at radius 2 is 2.08 bits per heavy atom. The number of hydrogen-bond acceptors (Lipinski definition) is 4. The van der Waals surface area contributed by atoms with Crippen LogP contribution < -0.4 is 4.57 Å². The number of halogens is 1. The Labute approximate surface area is 147 Å². The van der Waals surface area contributed by atoms with Crippen LogP contribution in [-0.4, -0.2) is 9.91 Å². The second kappa shape index (κ2) is 6.68. The third-order valence-electron chi connectivity index (χ3n) is 3.76. The summed E-state index contributed by atoms with van der Waals surface area (Å²) in [7, 11) is 0. The van der Waals surface area contributed by atoms with E-state index in [-0.39, 0.29) is 5.69 Å². The highest BCUT2D eigenvalue weighted by molar-refractivity contribution is 9.10. The summed E-state index contributed by atoms with van der Waals surface area (Å²) >= 11 is 3.50. The van der Waals surface area contributed by atoms with Gasteiger partial charge in [-0.05, 0) is 28.4 Å². The fraction of sp³-hybridized carbons (Fsp3) is 0.294. The highest BCUT2D eigenvalue weighted by Crippen LogP contribution is 2.30. The minimum absolute atomic E-state index is 0.0366. The molecule has 0 amide bonds. The first-order valence-corrected chi connectivity index (χ1v) is 8.59. The number of pyridine rings is 1. The Morgan fingerprint density at radius 3 is 2.75 bits per heavy atom. The van der Waals surface area contributed by atoms with Crippen molar-refractivity contribution in [3.63, 3.8) is 0 Å². The topological polar surface area (TPSA) is 73.0 Å². The average molecular weight is 391 g/mol. The van der Waals surface area contributed by atoms with Crippen molar-refractivity contribution in [1.82, 2.24) is 4.98 Å². The Bertz CT molecular complexity index is 921. The van der Waals surface area contributed by atoms with Gasteiger partial charge in [-0.25, -0.2) is 9.55 Å². The zero-order valence-electron chi connectivity index (χ0n) is 13.5. The lowest BCUT2D eigenvalue weighted by molar-refractivity contribution is -0.697. The number of aryl methyl sites for hydroxylation is 2. The summed E-state index contributed by atoms with van der Waals surface area (Å²) in [5.41, 5.74) is 2.78. The highest BCUT2D eigenvalue weighted by atomic mass is 79.9. The summed E-state index contributed by atoms with van der Waals surface area (Å²) in [6.45, 7) is 4.94. The zero-order valence-corrected chi connectivity index (χ0v) is 15.0. The number of oxazole rings is 1. The number of nitro benzene ring substituents is 1. The zero-order chi connectivity index (χ0) is 17.3. The van der Waals surface area contributed by atoms with Gasteiger partial charge in [0.05, 0.1) is 9.40 Å². The third kappa shape index (κ3) is 3.17. The van der Waals surface area contributed by atoms with Crippen LogP contribution in [0.25, 0.3) is 22.6 Å². The number of fused-ring (bicyclic) bond motifs is 1. The van der Waals surface area contributed by atoms with Crippen LogP contribution in [0, 0.1) is 10.1 Å². The number of rotatable bonds is 5. The molecule has 24 heavy (non-hydrogen) atoms. The van der Waals surface area contributed by atoms with Crippen molar-refractivity contribution in [2.45, 2.75) is 33.2 Å². The number of nitrogens with zero attached hydrogens (tertiary/aromatic N) is 3. The molecule has 0 bridgehead atoms. The van der Waals surface area contributed by atoms with Crippen molar-refractivity contribution in [2.24, 2.45) is 0 Å². The molecule has 2 aromatic heterocycles. The lowest BCUT2D eigenvalue weighted by Gasteiger charge is -1.99. The second-order valence-electron chi connectivity index (χ2n) is 5.56. The van der Waals surface area contributed by atoms with Crippen LogP contribution in [0.4, 0.5) is 5.69 Å². The summed E-state index contributed by atoms with van der Waals surface area (Å²) in [5.74, 6) is 0.464. The van der Waals surface area contributed by atoms with Gasteiger partial charge in [0.25, 0.3) is 5.69 Å².